The Hall–Kier alpha value is -0.383. The van der Waals surface area contributed by atoms with Gasteiger partial charge in [-0.05, 0) is 17.4 Å². The third-order valence-corrected chi connectivity index (χ3v) is 7.78. The first-order valence-electron chi connectivity index (χ1n) is 6.64. The quantitative estimate of drug-likeness (QED) is 0.552. The molecule has 7 atom stereocenters. The fourth-order valence-electron chi connectivity index (χ4n) is 4.55. The van der Waals surface area contributed by atoms with Crippen molar-refractivity contribution >= 4 is 8.07 Å². The van der Waals surface area contributed by atoms with Crippen LogP contribution >= 0.6 is 0 Å². The fourth-order valence-corrected chi connectivity index (χ4v) is 7.53. The molecule has 94 valence electrons. The molecule has 3 aliphatic carbocycles. The predicted molar refractivity (Wildman–Crippen MR) is 71.3 cm³/mol. The van der Waals surface area contributed by atoms with Gasteiger partial charge >= 0.3 is 0 Å². The number of hydrogen-bond donors (Lipinski definition) is 2. The third kappa shape index (κ3) is 1.52. The topological polar surface area (TPSA) is 40.5 Å². The van der Waals surface area contributed by atoms with Gasteiger partial charge in [0.1, 0.15) is 0 Å². The average Bonchev–Trinajstić information content (AvgIpc) is 2.78. The maximum absolute atomic E-state index is 10.2. The lowest BCUT2D eigenvalue weighted by molar-refractivity contribution is 0.0277. The summed E-state index contributed by atoms with van der Waals surface area (Å²) >= 11 is 0. The lowest BCUT2D eigenvalue weighted by Crippen LogP contribution is -2.39. The number of allylic oxidation sites excluding steroid dienone is 2. The minimum absolute atomic E-state index is 0.252. The molecule has 0 aromatic carbocycles. The van der Waals surface area contributed by atoms with Crippen LogP contribution in [0.25, 0.3) is 0 Å². The van der Waals surface area contributed by atoms with Crippen LogP contribution in [0, 0.1) is 23.7 Å². The van der Waals surface area contributed by atoms with E-state index in [1.807, 2.05) is 0 Å². The molecule has 2 bridgehead atoms. The van der Waals surface area contributed by atoms with Crippen molar-refractivity contribution in [1.29, 1.82) is 0 Å². The van der Waals surface area contributed by atoms with Crippen molar-refractivity contribution in [1.82, 2.24) is 0 Å². The van der Waals surface area contributed by atoms with E-state index in [0.717, 1.165) is 0 Å². The molecule has 2 nitrogen and oxygen atoms in total. The highest BCUT2D eigenvalue weighted by Crippen LogP contribution is 2.61. The van der Waals surface area contributed by atoms with Crippen LogP contribution in [0.3, 0.4) is 0 Å². The van der Waals surface area contributed by atoms with E-state index in [1.54, 1.807) is 12.2 Å². The van der Waals surface area contributed by atoms with Crippen LogP contribution in [0.2, 0.25) is 25.2 Å². The summed E-state index contributed by atoms with van der Waals surface area (Å²) in [6.45, 7) is 7.23. The van der Waals surface area contributed by atoms with E-state index in [4.69, 9.17) is 0 Å². The normalized spacial score (nSPS) is 51.9. The van der Waals surface area contributed by atoms with Gasteiger partial charge in [-0.2, -0.15) is 0 Å². The van der Waals surface area contributed by atoms with Crippen LogP contribution in [-0.4, -0.2) is 30.5 Å². The predicted octanol–water partition coefficient (Wildman–Crippen LogP) is 2.03. The summed E-state index contributed by atoms with van der Waals surface area (Å²) in [4.78, 5) is 0. The molecule has 0 spiro atoms. The van der Waals surface area contributed by atoms with Crippen LogP contribution in [0.1, 0.15) is 0 Å². The van der Waals surface area contributed by atoms with Crippen molar-refractivity contribution in [3.05, 3.63) is 24.3 Å². The van der Waals surface area contributed by atoms with Crippen molar-refractivity contribution < 1.29 is 10.2 Å². The van der Waals surface area contributed by atoms with Crippen molar-refractivity contribution in [2.24, 2.45) is 23.7 Å². The summed E-state index contributed by atoms with van der Waals surface area (Å²) < 4.78 is 0. The van der Waals surface area contributed by atoms with Gasteiger partial charge in [-0.3, -0.25) is 0 Å². The highest BCUT2D eigenvalue weighted by Gasteiger charge is 2.59. The first-order valence-corrected chi connectivity index (χ1v) is 10.2. The molecule has 3 heteroatoms. The van der Waals surface area contributed by atoms with Crippen LogP contribution in [0.5, 0.6) is 0 Å². The van der Waals surface area contributed by atoms with Gasteiger partial charge in [-0.1, -0.05) is 43.9 Å². The highest BCUT2D eigenvalue weighted by atomic mass is 28.3. The van der Waals surface area contributed by atoms with Gasteiger partial charge < -0.3 is 10.2 Å². The minimum Gasteiger partial charge on any atom is -0.389 e. The highest BCUT2D eigenvalue weighted by molar-refractivity contribution is 6.77. The smallest absolute Gasteiger partial charge is 0.0759 e. The summed E-state index contributed by atoms with van der Waals surface area (Å²) in [5, 5.41) is 20.4. The van der Waals surface area contributed by atoms with E-state index >= 15 is 0 Å². The zero-order chi connectivity index (χ0) is 12.4. The molecule has 0 amide bonds. The standard InChI is InChI=1S/C14H22O2Si/c1-17(2,3)14-8-4-5-9(14)13-11(16)7-6-10(15)12(8)13/h4-16H,1-3H3/t8-,9+,10-,11+,12-,13+,14?. The van der Waals surface area contributed by atoms with E-state index in [-0.39, 0.29) is 24.0 Å². The Bertz CT molecular complexity index is 354. The van der Waals surface area contributed by atoms with Gasteiger partial charge in [-0.25, -0.2) is 0 Å². The van der Waals surface area contributed by atoms with Gasteiger partial charge in [0.15, 0.2) is 0 Å². The van der Waals surface area contributed by atoms with Crippen molar-refractivity contribution in [3.8, 4) is 0 Å². The number of rotatable bonds is 1. The molecular weight excluding hydrogens is 228 g/mol. The largest absolute Gasteiger partial charge is 0.389 e. The Morgan fingerprint density at radius 1 is 0.765 bits per heavy atom. The summed E-state index contributed by atoms with van der Waals surface area (Å²) in [6.07, 6.45) is 7.49. The second-order valence-electron chi connectivity index (χ2n) is 6.95. The molecule has 1 fully saturated rings. The SMILES string of the molecule is C[Si](C)(C)C1[C@H]2C=C[C@@H]1[C@H]1[C@@H]2[C@@H](O)C=C[C@H]1O. The van der Waals surface area contributed by atoms with Crippen molar-refractivity contribution in [3.63, 3.8) is 0 Å². The molecule has 0 radical (unpaired) electrons. The fraction of sp³-hybridized carbons (Fsp3) is 0.714. The van der Waals surface area contributed by atoms with Crippen molar-refractivity contribution in [2.45, 2.75) is 37.4 Å². The van der Waals surface area contributed by atoms with Gasteiger partial charge in [0.2, 0.25) is 0 Å². The van der Waals surface area contributed by atoms with E-state index in [9.17, 15) is 10.2 Å². The second-order valence-corrected chi connectivity index (χ2v) is 12.4. The molecule has 0 heterocycles. The lowest BCUT2D eigenvalue weighted by atomic mass is 9.73. The summed E-state index contributed by atoms with van der Waals surface area (Å²) in [5.41, 5.74) is 0.696. The summed E-state index contributed by atoms with van der Waals surface area (Å²) in [7, 11) is -1.25. The van der Waals surface area contributed by atoms with Crippen LogP contribution in [0.4, 0.5) is 0 Å². The number of aliphatic hydroxyl groups is 2. The molecule has 17 heavy (non-hydrogen) atoms. The van der Waals surface area contributed by atoms with Gasteiger partial charge in [0.05, 0.1) is 12.2 Å². The Labute approximate surface area is 104 Å². The lowest BCUT2D eigenvalue weighted by Gasteiger charge is -2.36. The molecule has 3 rings (SSSR count). The molecule has 0 saturated heterocycles. The monoisotopic (exact) mass is 250 g/mol. The van der Waals surface area contributed by atoms with Gasteiger partial charge in [0, 0.05) is 19.9 Å². The minimum atomic E-state index is -1.25. The Balaban J connectivity index is 2.00. The van der Waals surface area contributed by atoms with Crippen LogP contribution < -0.4 is 0 Å². The number of hydrogen-bond acceptors (Lipinski definition) is 2. The molecule has 0 aliphatic heterocycles. The van der Waals surface area contributed by atoms with E-state index in [0.29, 0.717) is 17.4 Å². The number of fused-ring (bicyclic) bond motifs is 5. The third-order valence-electron chi connectivity index (χ3n) is 5.01. The van der Waals surface area contributed by atoms with Crippen LogP contribution in [0.15, 0.2) is 24.3 Å². The molecular formula is C14H22O2Si. The average molecular weight is 250 g/mol. The van der Waals surface area contributed by atoms with E-state index in [1.165, 1.54) is 0 Å². The van der Waals surface area contributed by atoms with Crippen molar-refractivity contribution in [2.75, 3.05) is 0 Å². The summed E-state index contributed by atoms with van der Waals surface area (Å²) in [6, 6.07) is 0. The molecule has 1 unspecified atom stereocenters. The van der Waals surface area contributed by atoms with E-state index < -0.39 is 8.07 Å². The Kier molecular flexibility index (Phi) is 2.45. The maximum Gasteiger partial charge on any atom is 0.0759 e. The zero-order valence-corrected chi connectivity index (χ0v) is 11.7. The van der Waals surface area contributed by atoms with E-state index in [2.05, 4.69) is 31.8 Å². The Morgan fingerprint density at radius 2 is 1.18 bits per heavy atom. The maximum atomic E-state index is 10.2. The first-order chi connectivity index (χ1) is 7.91. The molecule has 1 saturated carbocycles. The van der Waals surface area contributed by atoms with Gasteiger partial charge in [0.25, 0.3) is 0 Å². The number of aliphatic hydroxyl groups excluding tert-OH is 2. The first kappa shape index (κ1) is 11.7. The van der Waals surface area contributed by atoms with Gasteiger partial charge in [-0.15, -0.1) is 0 Å². The summed E-state index contributed by atoms with van der Waals surface area (Å²) in [5.74, 6) is 1.49. The van der Waals surface area contributed by atoms with Crippen LogP contribution in [-0.2, 0) is 0 Å². The molecule has 0 aromatic rings. The molecule has 2 N–H and O–H groups in total. The molecule has 0 aromatic heterocycles. The molecule has 3 aliphatic rings. The second kappa shape index (κ2) is 3.56. The Morgan fingerprint density at radius 3 is 1.53 bits per heavy atom. The zero-order valence-electron chi connectivity index (χ0n) is 10.7.